The Morgan fingerprint density at radius 2 is 2.29 bits per heavy atom. The average Bonchev–Trinajstić information content (AvgIpc) is 2.90. The first kappa shape index (κ1) is 14.5. The number of amides is 1. The average molecular weight is 288 g/mol. The van der Waals surface area contributed by atoms with Crippen LogP contribution in [-0.4, -0.2) is 38.0 Å². The Morgan fingerprint density at radius 1 is 1.52 bits per heavy atom. The smallest absolute Gasteiger partial charge is 0.276 e. The van der Waals surface area contributed by atoms with Crippen LogP contribution >= 0.6 is 0 Å². The maximum absolute atomic E-state index is 12.6. The molecule has 0 aliphatic rings. The number of anilines is 1. The number of imidazole rings is 1. The molecule has 1 amide bonds. The first-order chi connectivity index (χ1) is 10.1. The second-order valence-electron chi connectivity index (χ2n) is 4.27. The number of oxime groups is 1. The molecule has 0 radical (unpaired) electrons. The Hall–Kier alpha value is -2.90. The minimum absolute atomic E-state index is 0.152. The molecule has 2 aromatic heterocycles. The first-order valence-electron chi connectivity index (χ1n) is 6.31. The fraction of sp³-hybridized carbons (Fsp3) is 0.231. The summed E-state index contributed by atoms with van der Waals surface area (Å²) in [6.45, 7) is 2.35. The highest BCUT2D eigenvalue weighted by atomic mass is 16.4. The second kappa shape index (κ2) is 6.04. The van der Waals surface area contributed by atoms with Crippen molar-refractivity contribution < 1.29 is 10.0 Å². The van der Waals surface area contributed by atoms with Crippen molar-refractivity contribution >= 4 is 17.4 Å². The highest BCUT2D eigenvalue weighted by molar-refractivity contribution is 6.06. The lowest BCUT2D eigenvalue weighted by Crippen LogP contribution is -2.32. The third kappa shape index (κ3) is 2.69. The molecule has 0 saturated heterocycles. The molecule has 0 bridgehead atoms. The number of carbonyl (C=O) groups excluding carboxylic acids is 1. The lowest BCUT2D eigenvalue weighted by molar-refractivity contribution is 0.0980. The molecule has 110 valence electrons. The summed E-state index contributed by atoms with van der Waals surface area (Å²) in [5.41, 5.74) is 6.54. The van der Waals surface area contributed by atoms with Gasteiger partial charge in [0.25, 0.3) is 5.91 Å². The van der Waals surface area contributed by atoms with E-state index in [0.717, 1.165) is 0 Å². The Kier molecular flexibility index (Phi) is 4.17. The Balaban J connectivity index is 2.38. The van der Waals surface area contributed by atoms with E-state index < -0.39 is 0 Å². The number of pyridine rings is 1. The zero-order valence-electron chi connectivity index (χ0n) is 11.8. The predicted molar refractivity (Wildman–Crippen MR) is 77.3 cm³/mol. The standard InChI is InChI=1S/C13H16N6O2/c1-3-19(9-5-4-6-15-7-9)13(20)10-8-16-12(18(10)2)11(14)17-21/h4-8,21H,3H2,1-2H3,(H2,14,17). The van der Waals surface area contributed by atoms with Crippen LogP contribution in [0.4, 0.5) is 5.69 Å². The molecule has 2 rings (SSSR count). The number of hydrogen-bond donors (Lipinski definition) is 2. The van der Waals surface area contributed by atoms with Gasteiger partial charge in [0.1, 0.15) is 5.69 Å². The maximum atomic E-state index is 12.6. The summed E-state index contributed by atoms with van der Waals surface area (Å²) >= 11 is 0. The fourth-order valence-electron chi connectivity index (χ4n) is 1.99. The Morgan fingerprint density at radius 3 is 2.86 bits per heavy atom. The van der Waals surface area contributed by atoms with E-state index in [0.29, 0.717) is 17.9 Å². The van der Waals surface area contributed by atoms with Crippen LogP contribution in [0.3, 0.4) is 0 Å². The Bertz CT molecular complexity index is 665. The quantitative estimate of drug-likeness (QED) is 0.370. The summed E-state index contributed by atoms with van der Waals surface area (Å²) in [5.74, 6) is -0.165. The van der Waals surface area contributed by atoms with Crippen LogP contribution < -0.4 is 10.6 Å². The molecule has 2 heterocycles. The van der Waals surface area contributed by atoms with Gasteiger partial charge in [-0.15, -0.1) is 0 Å². The van der Waals surface area contributed by atoms with Crippen molar-refractivity contribution in [1.29, 1.82) is 0 Å². The monoisotopic (exact) mass is 288 g/mol. The molecular weight excluding hydrogens is 272 g/mol. The number of hydrogen-bond acceptors (Lipinski definition) is 5. The minimum atomic E-state index is -0.238. The van der Waals surface area contributed by atoms with Crippen LogP contribution in [0.25, 0.3) is 0 Å². The summed E-state index contributed by atoms with van der Waals surface area (Å²) in [6.07, 6.45) is 4.65. The van der Waals surface area contributed by atoms with Gasteiger partial charge in [-0.1, -0.05) is 5.16 Å². The van der Waals surface area contributed by atoms with Crippen molar-refractivity contribution in [2.24, 2.45) is 17.9 Å². The molecule has 3 N–H and O–H groups in total. The van der Waals surface area contributed by atoms with Gasteiger partial charge in [-0.05, 0) is 19.1 Å². The highest BCUT2D eigenvalue weighted by Gasteiger charge is 2.22. The normalized spacial score (nSPS) is 11.4. The van der Waals surface area contributed by atoms with Crippen LogP contribution in [-0.2, 0) is 7.05 Å². The van der Waals surface area contributed by atoms with E-state index in [2.05, 4.69) is 15.1 Å². The second-order valence-corrected chi connectivity index (χ2v) is 4.27. The van der Waals surface area contributed by atoms with Gasteiger partial charge in [0.2, 0.25) is 5.84 Å². The molecule has 0 aromatic carbocycles. The van der Waals surface area contributed by atoms with Gasteiger partial charge >= 0.3 is 0 Å². The molecule has 0 spiro atoms. The molecule has 0 saturated carbocycles. The summed E-state index contributed by atoms with van der Waals surface area (Å²) in [5, 5.41) is 11.6. The summed E-state index contributed by atoms with van der Waals surface area (Å²) in [7, 11) is 1.63. The largest absolute Gasteiger partial charge is 0.409 e. The Labute approximate surface area is 121 Å². The van der Waals surface area contributed by atoms with E-state index in [1.54, 1.807) is 36.5 Å². The minimum Gasteiger partial charge on any atom is -0.409 e. The van der Waals surface area contributed by atoms with Gasteiger partial charge in [0, 0.05) is 19.8 Å². The van der Waals surface area contributed by atoms with E-state index in [1.165, 1.54) is 10.8 Å². The summed E-state index contributed by atoms with van der Waals surface area (Å²) in [4.78, 5) is 22.2. The topological polar surface area (TPSA) is 110 Å². The zero-order chi connectivity index (χ0) is 15.4. The van der Waals surface area contributed by atoms with Gasteiger partial charge in [0.05, 0.1) is 18.1 Å². The molecule has 2 aromatic rings. The van der Waals surface area contributed by atoms with Crippen molar-refractivity contribution in [2.75, 3.05) is 11.4 Å². The number of aromatic nitrogens is 3. The molecule has 0 aliphatic carbocycles. The van der Waals surface area contributed by atoms with Crippen molar-refractivity contribution in [3.05, 3.63) is 42.2 Å². The zero-order valence-corrected chi connectivity index (χ0v) is 11.8. The van der Waals surface area contributed by atoms with E-state index in [-0.39, 0.29) is 17.6 Å². The first-order valence-corrected chi connectivity index (χ1v) is 6.31. The van der Waals surface area contributed by atoms with Gasteiger partial charge in [-0.25, -0.2) is 4.98 Å². The van der Waals surface area contributed by atoms with Gasteiger partial charge in [0.15, 0.2) is 5.82 Å². The van der Waals surface area contributed by atoms with E-state index in [4.69, 9.17) is 10.9 Å². The summed E-state index contributed by atoms with van der Waals surface area (Å²) in [6, 6.07) is 3.56. The van der Waals surface area contributed by atoms with Crippen molar-refractivity contribution in [3.63, 3.8) is 0 Å². The molecule has 8 heteroatoms. The molecular formula is C13H16N6O2. The van der Waals surface area contributed by atoms with Gasteiger partial charge in [-0.3, -0.25) is 9.78 Å². The predicted octanol–water partition coefficient (Wildman–Crippen LogP) is 0.576. The highest BCUT2D eigenvalue weighted by Crippen LogP contribution is 2.16. The number of rotatable bonds is 4. The van der Waals surface area contributed by atoms with Crippen LogP contribution in [0.15, 0.2) is 35.9 Å². The van der Waals surface area contributed by atoms with Crippen LogP contribution in [0.2, 0.25) is 0 Å². The lowest BCUT2D eigenvalue weighted by atomic mass is 10.3. The molecule has 0 unspecified atom stereocenters. The number of amidine groups is 1. The van der Waals surface area contributed by atoms with Gasteiger partial charge in [-0.2, -0.15) is 0 Å². The van der Waals surface area contributed by atoms with E-state index >= 15 is 0 Å². The maximum Gasteiger partial charge on any atom is 0.276 e. The SMILES string of the molecule is CCN(C(=O)c1cnc(C(N)=NO)n1C)c1cccnc1. The molecule has 0 atom stereocenters. The van der Waals surface area contributed by atoms with Crippen LogP contribution in [0.5, 0.6) is 0 Å². The van der Waals surface area contributed by atoms with Gasteiger partial charge < -0.3 is 20.4 Å². The molecule has 21 heavy (non-hydrogen) atoms. The number of nitrogens with zero attached hydrogens (tertiary/aromatic N) is 5. The van der Waals surface area contributed by atoms with Crippen molar-refractivity contribution in [1.82, 2.24) is 14.5 Å². The van der Waals surface area contributed by atoms with Crippen LogP contribution in [0, 0.1) is 0 Å². The number of nitrogens with two attached hydrogens (primary N) is 1. The molecule has 0 fully saturated rings. The van der Waals surface area contributed by atoms with E-state index in [9.17, 15) is 4.79 Å². The third-order valence-corrected chi connectivity index (χ3v) is 3.06. The van der Waals surface area contributed by atoms with Crippen molar-refractivity contribution in [3.8, 4) is 0 Å². The van der Waals surface area contributed by atoms with E-state index in [1.807, 2.05) is 6.92 Å². The number of carbonyl (C=O) groups is 1. The van der Waals surface area contributed by atoms with Crippen LogP contribution in [0.1, 0.15) is 23.2 Å². The third-order valence-electron chi connectivity index (χ3n) is 3.06. The lowest BCUT2D eigenvalue weighted by Gasteiger charge is -2.20. The van der Waals surface area contributed by atoms with Crippen molar-refractivity contribution in [2.45, 2.75) is 6.92 Å². The molecule has 8 nitrogen and oxygen atoms in total. The fourth-order valence-corrected chi connectivity index (χ4v) is 1.99. The summed E-state index contributed by atoms with van der Waals surface area (Å²) < 4.78 is 1.48. The molecule has 0 aliphatic heterocycles.